The average molecular weight is 466 g/mol. The van der Waals surface area contributed by atoms with Crippen LogP contribution in [0, 0.1) is 0 Å². The number of hydrazone groups is 1. The summed E-state index contributed by atoms with van der Waals surface area (Å²) in [7, 11) is 1.61. The Labute approximate surface area is 196 Å². The molecule has 0 unspecified atom stereocenters. The molecule has 33 heavy (non-hydrogen) atoms. The zero-order valence-corrected chi connectivity index (χ0v) is 19.1. The summed E-state index contributed by atoms with van der Waals surface area (Å²) in [5.74, 6) is 1.02. The topological polar surface area (TPSA) is 78.0 Å². The first-order chi connectivity index (χ1) is 16.1. The quantitative estimate of drug-likeness (QED) is 0.205. The van der Waals surface area contributed by atoms with Crippen molar-refractivity contribution in [3.05, 3.63) is 77.1 Å². The summed E-state index contributed by atoms with van der Waals surface area (Å²) >= 11 is 6.67. The Morgan fingerprint density at radius 2 is 2.00 bits per heavy atom. The largest absolute Gasteiger partial charge is 0.497 e. The van der Waals surface area contributed by atoms with E-state index < -0.39 is 5.91 Å². The number of ether oxygens (including phenoxy) is 2. The van der Waals surface area contributed by atoms with E-state index in [0.717, 1.165) is 16.5 Å². The van der Waals surface area contributed by atoms with Gasteiger partial charge in [-0.3, -0.25) is 4.79 Å². The van der Waals surface area contributed by atoms with Crippen LogP contribution in [-0.4, -0.2) is 37.0 Å². The maximum atomic E-state index is 12.5. The van der Waals surface area contributed by atoms with Gasteiger partial charge in [0.25, 0.3) is 0 Å². The molecule has 2 aromatic heterocycles. The van der Waals surface area contributed by atoms with Gasteiger partial charge in [-0.05, 0) is 37.3 Å². The van der Waals surface area contributed by atoms with E-state index in [9.17, 15) is 4.79 Å². The van der Waals surface area contributed by atoms with Crippen molar-refractivity contribution >= 4 is 34.6 Å². The maximum Gasteiger partial charge on any atom is 0.307 e. The molecule has 0 aliphatic heterocycles. The number of nitrogens with zero attached hydrogens (tertiary/aromatic N) is 2. The molecule has 7 nitrogen and oxygen atoms in total. The Kier molecular flexibility index (Phi) is 7.12. The predicted molar refractivity (Wildman–Crippen MR) is 129 cm³/mol. The first-order valence-corrected chi connectivity index (χ1v) is 10.9. The molecule has 0 radical (unpaired) electrons. The minimum atomic E-state index is -0.456. The number of amides is 1. The van der Waals surface area contributed by atoms with Gasteiger partial charge in [-0.15, -0.1) is 0 Å². The lowest BCUT2D eigenvalue weighted by molar-refractivity contribution is 0.0928. The highest BCUT2D eigenvalue weighted by Crippen LogP contribution is 2.31. The Morgan fingerprint density at radius 3 is 2.76 bits per heavy atom. The molecule has 0 atom stereocenters. The summed E-state index contributed by atoms with van der Waals surface area (Å²) in [6.07, 6.45) is 1.53. The highest BCUT2D eigenvalue weighted by atomic mass is 35.5. The average Bonchev–Trinajstić information content (AvgIpc) is 3.44. The Hall–Kier alpha value is -3.55. The lowest BCUT2D eigenvalue weighted by atomic mass is 10.2. The number of halogens is 1. The van der Waals surface area contributed by atoms with Crippen molar-refractivity contribution in [3.63, 3.8) is 0 Å². The van der Waals surface area contributed by atoms with Crippen LogP contribution in [0.2, 0.25) is 5.15 Å². The van der Waals surface area contributed by atoms with E-state index in [1.165, 1.54) is 6.21 Å². The van der Waals surface area contributed by atoms with Crippen molar-refractivity contribution in [3.8, 4) is 17.1 Å². The van der Waals surface area contributed by atoms with Gasteiger partial charge < -0.3 is 18.5 Å². The van der Waals surface area contributed by atoms with Gasteiger partial charge in [0.2, 0.25) is 0 Å². The molecule has 1 N–H and O–H groups in total. The van der Waals surface area contributed by atoms with Crippen molar-refractivity contribution in [2.24, 2.45) is 5.10 Å². The fourth-order valence-corrected chi connectivity index (χ4v) is 3.85. The summed E-state index contributed by atoms with van der Waals surface area (Å²) in [5, 5.41) is 5.48. The molecule has 8 heteroatoms. The Balaban J connectivity index is 1.55. The first kappa shape index (κ1) is 22.6. The number of nitrogens with one attached hydrogen (secondary N) is 1. The van der Waals surface area contributed by atoms with E-state index >= 15 is 0 Å². The van der Waals surface area contributed by atoms with Crippen LogP contribution in [0.1, 0.15) is 23.0 Å². The molecule has 1 amide bonds. The lowest BCUT2D eigenvalue weighted by Crippen LogP contribution is -2.16. The minimum absolute atomic E-state index is 0.165. The fourth-order valence-electron chi connectivity index (χ4n) is 3.53. The third kappa shape index (κ3) is 4.94. The molecule has 4 rings (SSSR count). The molecule has 0 aliphatic rings. The summed E-state index contributed by atoms with van der Waals surface area (Å²) < 4.78 is 18.5. The van der Waals surface area contributed by atoms with Crippen LogP contribution in [0.5, 0.6) is 5.75 Å². The van der Waals surface area contributed by atoms with Gasteiger partial charge in [0.05, 0.1) is 25.4 Å². The van der Waals surface area contributed by atoms with Crippen LogP contribution in [0.15, 0.2) is 70.2 Å². The maximum absolute atomic E-state index is 12.5. The van der Waals surface area contributed by atoms with Crippen LogP contribution in [0.4, 0.5) is 0 Å². The normalized spacial score (nSPS) is 11.4. The molecule has 0 aliphatic carbocycles. The molecular formula is C25H24ClN3O4. The molecule has 0 spiro atoms. The van der Waals surface area contributed by atoms with Crippen molar-refractivity contribution in [2.75, 3.05) is 20.3 Å². The van der Waals surface area contributed by atoms with Crippen molar-refractivity contribution < 1.29 is 18.7 Å². The molecule has 2 aromatic carbocycles. The second-order valence-corrected chi connectivity index (χ2v) is 7.52. The number of carbonyl (C=O) groups excluding carboxylic acids is 1. The van der Waals surface area contributed by atoms with Crippen LogP contribution >= 0.6 is 11.6 Å². The second-order valence-electron chi connectivity index (χ2n) is 7.17. The number of furan rings is 1. The Bertz CT molecular complexity index is 1280. The van der Waals surface area contributed by atoms with E-state index in [2.05, 4.69) is 10.5 Å². The number of aromatic nitrogens is 1. The van der Waals surface area contributed by atoms with E-state index in [4.69, 9.17) is 25.5 Å². The third-order valence-corrected chi connectivity index (χ3v) is 5.56. The lowest BCUT2D eigenvalue weighted by Gasteiger charge is -2.07. The van der Waals surface area contributed by atoms with Gasteiger partial charge in [-0.2, -0.15) is 5.10 Å². The fraction of sp³-hybridized carbons (Fsp3) is 0.200. The van der Waals surface area contributed by atoms with E-state index in [-0.39, 0.29) is 5.76 Å². The SMILES string of the molecule is CCOCCn1c(Cl)c(/C=N/NC(=O)c2ccc(-c3ccccc3)o2)c2cc(OC)ccc21. The number of hydrogen-bond acceptors (Lipinski definition) is 5. The number of rotatable bonds is 9. The summed E-state index contributed by atoms with van der Waals surface area (Å²) in [4.78, 5) is 12.5. The van der Waals surface area contributed by atoms with Gasteiger partial charge >= 0.3 is 5.91 Å². The van der Waals surface area contributed by atoms with Crippen molar-refractivity contribution in [1.29, 1.82) is 0 Å². The van der Waals surface area contributed by atoms with Crippen LogP contribution in [0.3, 0.4) is 0 Å². The first-order valence-electron chi connectivity index (χ1n) is 10.5. The summed E-state index contributed by atoms with van der Waals surface area (Å²) in [5.41, 5.74) is 4.99. The molecule has 2 heterocycles. The summed E-state index contributed by atoms with van der Waals surface area (Å²) in [6.45, 7) is 3.69. The smallest absolute Gasteiger partial charge is 0.307 e. The third-order valence-electron chi connectivity index (χ3n) is 5.16. The molecular weight excluding hydrogens is 442 g/mol. The van der Waals surface area contributed by atoms with Gasteiger partial charge in [-0.1, -0.05) is 41.9 Å². The number of hydrogen-bond donors (Lipinski definition) is 1. The zero-order valence-electron chi connectivity index (χ0n) is 18.4. The molecule has 0 saturated carbocycles. The molecule has 0 saturated heterocycles. The van der Waals surface area contributed by atoms with Crippen molar-refractivity contribution in [2.45, 2.75) is 13.5 Å². The van der Waals surface area contributed by atoms with E-state index in [1.54, 1.807) is 19.2 Å². The zero-order chi connectivity index (χ0) is 23.2. The van der Waals surface area contributed by atoms with Gasteiger partial charge in [0.1, 0.15) is 16.7 Å². The second kappa shape index (κ2) is 10.4. The van der Waals surface area contributed by atoms with Crippen LogP contribution in [-0.2, 0) is 11.3 Å². The van der Waals surface area contributed by atoms with Crippen molar-refractivity contribution in [1.82, 2.24) is 9.99 Å². The van der Waals surface area contributed by atoms with E-state index in [0.29, 0.717) is 42.0 Å². The molecule has 0 fully saturated rings. The van der Waals surface area contributed by atoms with Gasteiger partial charge in [0, 0.05) is 29.7 Å². The van der Waals surface area contributed by atoms with Crippen LogP contribution in [0.25, 0.3) is 22.2 Å². The highest BCUT2D eigenvalue weighted by molar-refractivity contribution is 6.34. The number of carbonyl (C=O) groups is 1. The number of benzene rings is 2. The van der Waals surface area contributed by atoms with E-state index in [1.807, 2.05) is 60.0 Å². The standard InChI is InChI=1S/C25H24ClN3O4/c1-3-32-14-13-29-21-10-9-18(31-2)15-19(21)20(24(29)26)16-27-28-25(30)23-12-11-22(33-23)17-7-5-4-6-8-17/h4-12,15-16H,3,13-14H2,1-2H3,(H,28,30)/b27-16+. The highest BCUT2D eigenvalue weighted by Gasteiger charge is 2.16. The number of fused-ring (bicyclic) bond motifs is 1. The predicted octanol–water partition coefficient (Wildman–Crippen LogP) is 5.36. The Morgan fingerprint density at radius 1 is 1.18 bits per heavy atom. The molecule has 0 bridgehead atoms. The minimum Gasteiger partial charge on any atom is -0.497 e. The van der Waals surface area contributed by atoms with Gasteiger partial charge in [-0.25, -0.2) is 5.43 Å². The van der Waals surface area contributed by atoms with Crippen LogP contribution < -0.4 is 10.2 Å². The monoisotopic (exact) mass is 465 g/mol. The number of methoxy groups -OCH3 is 1. The molecule has 4 aromatic rings. The summed E-state index contributed by atoms with van der Waals surface area (Å²) in [6, 6.07) is 18.6. The van der Waals surface area contributed by atoms with Gasteiger partial charge in [0.15, 0.2) is 5.76 Å². The molecule has 170 valence electrons.